The molecule has 1 aliphatic rings. The zero-order valence-corrected chi connectivity index (χ0v) is 17.8. The van der Waals surface area contributed by atoms with Gasteiger partial charge in [-0.2, -0.15) is 0 Å². The molecule has 0 aromatic heterocycles. The standard InChI is InChI=1S/C19H21NO5S.C2H6/c1-12-8-16(25-3)9-13(2)19(12)26(23,24)20-7-6-15-5-4-14(10-17(15)20)11-18(21)22;1-2/h4-5,8-10H,6-7,11H2,1-3H3,(H,21,22);1-2H3. The van der Waals surface area contributed by atoms with Crippen molar-refractivity contribution in [1.82, 2.24) is 0 Å². The summed E-state index contributed by atoms with van der Waals surface area (Å²) in [6.45, 7) is 7.85. The van der Waals surface area contributed by atoms with E-state index < -0.39 is 16.0 Å². The van der Waals surface area contributed by atoms with E-state index in [9.17, 15) is 13.2 Å². The lowest BCUT2D eigenvalue weighted by Gasteiger charge is -2.23. The van der Waals surface area contributed by atoms with Crippen LogP contribution < -0.4 is 9.04 Å². The largest absolute Gasteiger partial charge is 0.497 e. The fourth-order valence-corrected chi connectivity index (χ4v) is 5.39. The first kappa shape index (κ1) is 21.8. The zero-order chi connectivity index (χ0) is 21.1. The number of anilines is 1. The number of ether oxygens (including phenoxy) is 1. The molecule has 0 unspecified atom stereocenters. The van der Waals surface area contributed by atoms with Crippen molar-refractivity contribution < 1.29 is 23.1 Å². The van der Waals surface area contributed by atoms with Gasteiger partial charge in [0, 0.05) is 6.54 Å². The summed E-state index contributed by atoms with van der Waals surface area (Å²) in [7, 11) is -2.21. The van der Waals surface area contributed by atoms with E-state index in [1.165, 1.54) is 4.31 Å². The zero-order valence-electron chi connectivity index (χ0n) is 16.9. The molecule has 0 saturated carbocycles. The Bertz CT molecular complexity index is 959. The molecule has 0 saturated heterocycles. The van der Waals surface area contributed by atoms with Gasteiger partial charge in [-0.15, -0.1) is 0 Å². The fourth-order valence-electron chi connectivity index (χ4n) is 3.48. The summed E-state index contributed by atoms with van der Waals surface area (Å²) in [6.07, 6.45) is 0.470. The van der Waals surface area contributed by atoms with Gasteiger partial charge >= 0.3 is 5.97 Å². The van der Waals surface area contributed by atoms with Gasteiger partial charge in [0.05, 0.1) is 24.1 Å². The third-order valence-electron chi connectivity index (χ3n) is 4.58. The third kappa shape index (κ3) is 4.14. The highest BCUT2D eigenvalue weighted by atomic mass is 32.2. The van der Waals surface area contributed by atoms with Crippen molar-refractivity contribution in [3.63, 3.8) is 0 Å². The van der Waals surface area contributed by atoms with E-state index in [-0.39, 0.29) is 11.3 Å². The molecule has 1 aliphatic heterocycles. The van der Waals surface area contributed by atoms with Crippen LogP contribution in [0, 0.1) is 13.8 Å². The maximum Gasteiger partial charge on any atom is 0.307 e. The molecule has 1 N–H and O–H groups in total. The average Bonchev–Trinajstić information content (AvgIpc) is 3.06. The summed E-state index contributed by atoms with van der Waals surface area (Å²) in [4.78, 5) is 11.2. The van der Waals surface area contributed by atoms with Crippen LogP contribution >= 0.6 is 0 Å². The monoisotopic (exact) mass is 405 g/mol. The molecule has 2 aromatic rings. The van der Waals surface area contributed by atoms with Crippen molar-refractivity contribution in [2.24, 2.45) is 0 Å². The van der Waals surface area contributed by atoms with E-state index in [2.05, 4.69) is 0 Å². The molecule has 28 heavy (non-hydrogen) atoms. The lowest BCUT2D eigenvalue weighted by molar-refractivity contribution is -0.136. The molecular weight excluding hydrogens is 378 g/mol. The van der Waals surface area contributed by atoms with Crippen molar-refractivity contribution in [1.29, 1.82) is 0 Å². The SMILES string of the molecule is CC.COc1cc(C)c(S(=O)(=O)N2CCc3ccc(CC(=O)O)cc32)c(C)c1. The second-order valence-electron chi connectivity index (χ2n) is 6.45. The summed E-state index contributed by atoms with van der Waals surface area (Å²) in [6, 6.07) is 8.64. The van der Waals surface area contributed by atoms with Gasteiger partial charge in [0.25, 0.3) is 10.0 Å². The summed E-state index contributed by atoms with van der Waals surface area (Å²) in [5.41, 5.74) is 3.31. The molecule has 1 heterocycles. The van der Waals surface area contributed by atoms with Gasteiger partial charge in [-0.05, 0) is 60.7 Å². The van der Waals surface area contributed by atoms with Gasteiger partial charge < -0.3 is 9.84 Å². The number of carboxylic acid groups (broad SMARTS) is 1. The molecule has 0 atom stereocenters. The Hall–Kier alpha value is -2.54. The quantitative estimate of drug-likeness (QED) is 0.820. The number of sulfonamides is 1. The van der Waals surface area contributed by atoms with Crippen molar-refractivity contribution in [2.75, 3.05) is 18.0 Å². The first-order valence-corrected chi connectivity index (χ1v) is 10.7. The van der Waals surface area contributed by atoms with E-state index in [4.69, 9.17) is 9.84 Å². The Morgan fingerprint density at radius 2 is 1.75 bits per heavy atom. The molecule has 0 amide bonds. The maximum atomic E-state index is 13.3. The van der Waals surface area contributed by atoms with Crippen LogP contribution in [0.4, 0.5) is 5.69 Å². The predicted octanol–water partition coefficient (Wildman–Crippen LogP) is 3.72. The minimum absolute atomic E-state index is 0.137. The molecule has 0 bridgehead atoms. The fraction of sp³-hybridized carbons (Fsp3) is 0.381. The first-order valence-electron chi connectivity index (χ1n) is 9.25. The number of rotatable bonds is 5. The lowest BCUT2D eigenvalue weighted by atomic mass is 10.1. The number of fused-ring (bicyclic) bond motifs is 1. The van der Waals surface area contributed by atoms with E-state index >= 15 is 0 Å². The number of hydrogen-bond acceptors (Lipinski definition) is 4. The van der Waals surface area contributed by atoms with Crippen LogP contribution in [0.1, 0.15) is 36.1 Å². The molecule has 0 radical (unpaired) electrons. The van der Waals surface area contributed by atoms with E-state index in [0.717, 1.165) is 5.56 Å². The van der Waals surface area contributed by atoms with Gasteiger partial charge in [0.2, 0.25) is 0 Å². The van der Waals surface area contributed by atoms with Gasteiger partial charge in [-0.25, -0.2) is 8.42 Å². The van der Waals surface area contributed by atoms with E-state index in [1.807, 2.05) is 19.9 Å². The van der Waals surface area contributed by atoms with Crippen LogP contribution in [-0.4, -0.2) is 33.1 Å². The minimum atomic E-state index is -3.75. The highest BCUT2D eigenvalue weighted by Gasteiger charge is 2.33. The summed E-state index contributed by atoms with van der Waals surface area (Å²) in [5, 5.41) is 9.00. The minimum Gasteiger partial charge on any atom is -0.497 e. The van der Waals surface area contributed by atoms with E-state index in [0.29, 0.717) is 41.1 Å². The van der Waals surface area contributed by atoms with Crippen LogP contribution in [0.5, 0.6) is 5.75 Å². The molecule has 0 fully saturated rings. The predicted molar refractivity (Wildman–Crippen MR) is 110 cm³/mol. The molecule has 152 valence electrons. The van der Waals surface area contributed by atoms with Crippen molar-refractivity contribution in [3.8, 4) is 5.75 Å². The molecule has 3 rings (SSSR count). The Morgan fingerprint density at radius 3 is 2.29 bits per heavy atom. The van der Waals surface area contributed by atoms with Crippen LogP contribution in [0.2, 0.25) is 0 Å². The number of carbonyl (C=O) groups is 1. The molecular formula is C21H27NO5S. The third-order valence-corrected chi connectivity index (χ3v) is 6.70. The van der Waals surface area contributed by atoms with E-state index in [1.54, 1.807) is 45.2 Å². The number of methoxy groups -OCH3 is 1. The second-order valence-corrected chi connectivity index (χ2v) is 8.25. The average molecular weight is 406 g/mol. The number of hydrogen-bond donors (Lipinski definition) is 1. The molecule has 0 aliphatic carbocycles. The van der Waals surface area contributed by atoms with Gasteiger partial charge in [-0.3, -0.25) is 9.10 Å². The lowest BCUT2D eigenvalue weighted by Crippen LogP contribution is -2.30. The number of aryl methyl sites for hydroxylation is 2. The Balaban J connectivity index is 0.00000136. The molecule has 0 spiro atoms. The van der Waals surface area contributed by atoms with Crippen molar-refractivity contribution in [3.05, 3.63) is 52.6 Å². The van der Waals surface area contributed by atoms with Crippen LogP contribution in [0.3, 0.4) is 0 Å². The maximum absolute atomic E-state index is 13.3. The Morgan fingerprint density at radius 1 is 1.14 bits per heavy atom. The summed E-state index contributed by atoms with van der Waals surface area (Å²) in [5.74, 6) is -0.330. The van der Waals surface area contributed by atoms with Crippen LogP contribution in [0.15, 0.2) is 35.2 Å². The normalized spacial score (nSPS) is 12.8. The topological polar surface area (TPSA) is 83.9 Å². The highest BCUT2D eigenvalue weighted by molar-refractivity contribution is 7.93. The molecule has 7 heteroatoms. The highest BCUT2D eigenvalue weighted by Crippen LogP contribution is 2.36. The molecule has 6 nitrogen and oxygen atoms in total. The Labute approximate surface area is 166 Å². The first-order chi connectivity index (χ1) is 13.2. The van der Waals surface area contributed by atoms with Gasteiger partial charge in [0.15, 0.2) is 0 Å². The Kier molecular flexibility index (Phi) is 6.72. The van der Waals surface area contributed by atoms with Crippen LogP contribution in [0.25, 0.3) is 0 Å². The number of nitrogens with zero attached hydrogens (tertiary/aromatic N) is 1. The summed E-state index contributed by atoms with van der Waals surface area (Å²) >= 11 is 0. The summed E-state index contributed by atoms with van der Waals surface area (Å²) < 4.78 is 33.3. The number of benzene rings is 2. The van der Waals surface area contributed by atoms with Gasteiger partial charge in [0.1, 0.15) is 5.75 Å². The second kappa shape index (κ2) is 8.65. The number of carboxylic acids is 1. The number of aliphatic carboxylic acids is 1. The molecule has 2 aromatic carbocycles. The van der Waals surface area contributed by atoms with Gasteiger partial charge in [-0.1, -0.05) is 26.0 Å². The van der Waals surface area contributed by atoms with Crippen molar-refractivity contribution >= 4 is 21.7 Å². The van der Waals surface area contributed by atoms with Crippen LogP contribution in [-0.2, 0) is 27.7 Å². The smallest absolute Gasteiger partial charge is 0.307 e. The van der Waals surface area contributed by atoms with Crippen molar-refractivity contribution in [2.45, 2.75) is 45.4 Å².